The first kappa shape index (κ1) is 9.14. The molecule has 0 saturated carbocycles. The fourth-order valence-corrected chi connectivity index (χ4v) is 2.14. The number of nitrogens with two attached hydrogens (primary N) is 2. The Morgan fingerprint density at radius 3 is 2.82 bits per heavy atom. The van der Waals surface area contributed by atoms with Gasteiger partial charge in [-0.25, -0.2) is 0 Å². The maximum absolute atomic E-state index is 5.45. The van der Waals surface area contributed by atoms with Gasteiger partial charge in [0.25, 0.3) is 0 Å². The first-order valence-electron chi connectivity index (χ1n) is 3.18. The fourth-order valence-electron chi connectivity index (χ4n) is 0.663. The number of alkyl halides is 1. The molecule has 11 heavy (non-hydrogen) atoms. The SMILES string of the molecule is N[I-]CCCc1nnc(N)s1. The van der Waals surface area contributed by atoms with Crippen molar-refractivity contribution in [3.05, 3.63) is 5.01 Å². The number of hydrogen-bond donors (Lipinski definition) is 2. The zero-order valence-electron chi connectivity index (χ0n) is 5.96. The molecule has 1 heterocycles. The van der Waals surface area contributed by atoms with E-state index in [0.717, 1.165) is 22.3 Å². The van der Waals surface area contributed by atoms with Crippen LogP contribution in [0.5, 0.6) is 0 Å². The van der Waals surface area contributed by atoms with E-state index in [1.807, 2.05) is 0 Å². The summed E-state index contributed by atoms with van der Waals surface area (Å²) in [5.74, 6) is 0. The molecule has 0 spiro atoms. The van der Waals surface area contributed by atoms with E-state index in [1.165, 1.54) is 11.3 Å². The van der Waals surface area contributed by atoms with Crippen LogP contribution in [0.25, 0.3) is 0 Å². The topological polar surface area (TPSA) is 77.8 Å². The van der Waals surface area contributed by atoms with Gasteiger partial charge in [0, 0.05) is 0 Å². The molecule has 6 heteroatoms. The van der Waals surface area contributed by atoms with Crippen LogP contribution in [0.2, 0.25) is 0 Å². The summed E-state index contributed by atoms with van der Waals surface area (Å²) >= 11 is 1.41. The summed E-state index contributed by atoms with van der Waals surface area (Å²) in [6, 6.07) is 0. The molecule has 0 amide bonds. The standard InChI is InChI=1S/C5H10IN4S/c7-5-10-9-4(11-5)2-1-3-6-8/h1-3,8H2,(H2,7,10)/q-1. The third-order valence-corrected chi connectivity index (χ3v) is 3.31. The second-order valence-corrected chi connectivity index (χ2v) is 5.03. The molecule has 0 unspecified atom stereocenters. The van der Waals surface area contributed by atoms with Gasteiger partial charge in [0.2, 0.25) is 0 Å². The number of anilines is 1. The number of aryl methyl sites for hydroxylation is 1. The van der Waals surface area contributed by atoms with Crippen molar-refractivity contribution >= 4 is 16.5 Å². The normalized spacial score (nSPS) is 10.6. The molecular weight excluding hydrogens is 275 g/mol. The van der Waals surface area contributed by atoms with Gasteiger partial charge in [-0.15, -0.1) is 0 Å². The van der Waals surface area contributed by atoms with E-state index < -0.39 is 0 Å². The van der Waals surface area contributed by atoms with Crippen molar-refractivity contribution in [2.45, 2.75) is 12.8 Å². The Labute approximate surface area is 80.0 Å². The van der Waals surface area contributed by atoms with Crippen molar-refractivity contribution in [1.29, 1.82) is 0 Å². The van der Waals surface area contributed by atoms with Gasteiger partial charge in [0.05, 0.1) is 0 Å². The zero-order chi connectivity index (χ0) is 8.10. The first-order chi connectivity index (χ1) is 5.33. The van der Waals surface area contributed by atoms with Crippen LogP contribution >= 0.6 is 11.3 Å². The molecule has 0 aliphatic carbocycles. The molecule has 0 radical (unpaired) electrons. The molecule has 0 aromatic carbocycles. The van der Waals surface area contributed by atoms with Gasteiger partial charge in [0.15, 0.2) is 0 Å². The van der Waals surface area contributed by atoms with Gasteiger partial charge >= 0.3 is 80.1 Å². The second kappa shape index (κ2) is 4.83. The van der Waals surface area contributed by atoms with E-state index in [9.17, 15) is 0 Å². The van der Waals surface area contributed by atoms with Crippen LogP contribution in [-0.4, -0.2) is 14.6 Å². The van der Waals surface area contributed by atoms with Crippen molar-refractivity contribution < 1.29 is 21.5 Å². The van der Waals surface area contributed by atoms with E-state index >= 15 is 0 Å². The minimum absolute atomic E-state index is 0.0589. The minimum atomic E-state index is -0.0589. The molecule has 4 nitrogen and oxygen atoms in total. The predicted molar refractivity (Wildman–Crippen MR) is 41.7 cm³/mol. The van der Waals surface area contributed by atoms with Crippen LogP contribution < -0.4 is 31.2 Å². The average molecular weight is 285 g/mol. The van der Waals surface area contributed by atoms with E-state index in [0.29, 0.717) is 5.13 Å². The van der Waals surface area contributed by atoms with Gasteiger partial charge < -0.3 is 0 Å². The van der Waals surface area contributed by atoms with Crippen LogP contribution in [-0.2, 0) is 6.42 Å². The van der Waals surface area contributed by atoms with E-state index in [-0.39, 0.29) is 21.5 Å². The maximum atomic E-state index is 5.45. The Morgan fingerprint density at radius 2 is 2.27 bits per heavy atom. The van der Waals surface area contributed by atoms with Crippen LogP contribution in [0.3, 0.4) is 0 Å². The summed E-state index contributed by atoms with van der Waals surface area (Å²) in [4.78, 5) is 0. The van der Waals surface area contributed by atoms with Crippen molar-refractivity contribution in [3.63, 3.8) is 0 Å². The zero-order valence-corrected chi connectivity index (χ0v) is 8.93. The average Bonchev–Trinajstić information content (AvgIpc) is 2.37. The molecule has 1 aromatic heterocycles. The third kappa shape index (κ3) is 3.30. The van der Waals surface area contributed by atoms with Crippen LogP contribution in [0.4, 0.5) is 5.13 Å². The summed E-state index contributed by atoms with van der Waals surface area (Å²) in [5, 5.41) is 9.21. The molecule has 1 rings (SSSR count). The molecule has 4 N–H and O–H groups in total. The summed E-state index contributed by atoms with van der Waals surface area (Å²) in [6.45, 7) is 0. The van der Waals surface area contributed by atoms with E-state index in [4.69, 9.17) is 9.68 Å². The molecule has 0 aliphatic rings. The number of nitrogen functional groups attached to an aromatic ring is 1. The summed E-state index contributed by atoms with van der Waals surface area (Å²) in [7, 11) is 0. The molecular formula is C5H10IN4S-. The fraction of sp³-hybridized carbons (Fsp3) is 0.600. The summed E-state index contributed by atoms with van der Waals surface area (Å²) < 4.78 is 6.60. The second-order valence-electron chi connectivity index (χ2n) is 1.98. The molecule has 0 aliphatic heterocycles. The van der Waals surface area contributed by atoms with Gasteiger partial charge in [-0.05, 0) is 0 Å². The van der Waals surface area contributed by atoms with E-state index in [1.54, 1.807) is 0 Å². The predicted octanol–water partition coefficient (Wildman–Crippen LogP) is -2.98. The van der Waals surface area contributed by atoms with Crippen molar-refractivity contribution in [1.82, 2.24) is 10.2 Å². The monoisotopic (exact) mass is 285 g/mol. The number of aromatic nitrogens is 2. The number of rotatable bonds is 4. The van der Waals surface area contributed by atoms with Crippen LogP contribution in [0.1, 0.15) is 11.4 Å². The Bertz CT molecular complexity index is 214. The molecule has 64 valence electrons. The molecule has 0 saturated heterocycles. The quantitative estimate of drug-likeness (QED) is 0.268. The summed E-state index contributed by atoms with van der Waals surface area (Å²) in [5.41, 5.74) is 5.41. The third-order valence-electron chi connectivity index (χ3n) is 1.12. The van der Waals surface area contributed by atoms with Crippen molar-refractivity contribution in [3.8, 4) is 0 Å². The van der Waals surface area contributed by atoms with Gasteiger partial charge in [0.1, 0.15) is 0 Å². The van der Waals surface area contributed by atoms with Gasteiger partial charge in [-0.2, -0.15) is 0 Å². The molecule has 0 atom stereocenters. The summed E-state index contributed by atoms with van der Waals surface area (Å²) in [6.07, 6.45) is 2.10. The van der Waals surface area contributed by atoms with Gasteiger partial charge in [-0.1, -0.05) is 0 Å². The molecule has 0 fully saturated rings. The number of hydrogen-bond acceptors (Lipinski definition) is 5. The first-order valence-corrected chi connectivity index (χ1v) is 6.77. The van der Waals surface area contributed by atoms with Crippen molar-refractivity contribution in [2.24, 2.45) is 3.95 Å². The Balaban J connectivity index is 2.27. The Hall–Kier alpha value is 0.0500. The van der Waals surface area contributed by atoms with Crippen LogP contribution in [0, 0.1) is 0 Å². The number of halogens is 1. The molecule has 0 bridgehead atoms. The Kier molecular flexibility index (Phi) is 4.02. The number of nitrogens with zero attached hydrogens (tertiary/aromatic N) is 2. The van der Waals surface area contributed by atoms with Gasteiger partial charge in [-0.3, -0.25) is 0 Å². The molecule has 1 aromatic rings. The van der Waals surface area contributed by atoms with Crippen molar-refractivity contribution in [2.75, 3.05) is 10.2 Å². The van der Waals surface area contributed by atoms with E-state index in [2.05, 4.69) is 10.2 Å². The Morgan fingerprint density at radius 1 is 1.45 bits per heavy atom. The van der Waals surface area contributed by atoms with Crippen LogP contribution in [0.15, 0.2) is 0 Å².